The number of aromatic nitrogens is 2. The zero-order valence-electron chi connectivity index (χ0n) is 11.8. The lowest BCUT2D eigenvalue weighted by atomic mass is 10.2. The van der Waals surface area contributed by atoms with Crippen LogP contribution in [0, 0.1) is 0 Å². The molecule has 0 spiro atoms. The second-order valence-corrected chi connectivity index (χ2v) is 4.73. The Labute approximate surface area is 120 Å². The van der Waals surface area contributed by atoms with Crippen molar-refractivity contribution in [2.75, 3.05) is 13.1 Å². The number of carbonyl (C=O) groups is 1. The minimum Gasteiger partial charge on any atom is -0.459 e. The third-order valence-electron chi connectivity index (χ3n) is 1.77. The molecule has 19 heavy (non-hydrogen) atoms. The monoisotopic (exact) mass is 292 g/mol. The first-order chi connectivity index (χ1) is 8.39. The Bertz CT molecular complexity index is 323. The van der Waals surface area contributed by atoms with Crippen molar-refractivity contribution in [2.45, 2.75) is 39.3 Å². The molecule has 0 bridgehead atoms. The van der Waals surface area contributed by atoms with Gasteiger partial charge in [0.15, 0.2) is 0 Å². The lowest BCUT2D eigenvalue weighted by Crippen LogP contribution is -2.28. The number of imidazole rings is 1. The van der Waals surface area contributed by atoms with Gasteiger partial charge in [-0.1, -0.05) is 0 Å². The zero-order chi connectivity index (χ0) is 14.0. The Kier molecular flexibility index (Phi) is 11.5. The fourth-order valence-electron chi connectivity index (χ4n) is 1.08. The van der Waals surface area contributed by atoms with E-state index in [2.05, 4.69) is 4.98 Å². The fraction of sp³-hybridized carbons (Fsp3) is 0.667. The third-order valence-corrected chi connectivity index (χ3v) is 1.77. The maximum Gasteiger partial charge on any atom is 0.320 e. The summed E-state index contributed by atoms with van der Waals surface area (Å²) in [6.07, 6.45) is 6.54. The molecule has 0 saturated carbocycles. The van der Waals surface area contributed by atoms with E-state index in [0.717, 1.165) is 19.5 Å². The number of rotatable bonds is 4. The molecule has 0 atom stereocenters. The number of carbonyl (C=O) groups excluding carboxylic acids is 1. The van der Waals surface area contributed by atoms with Gasteiger partial charge in [0.25, 0.3) is 0 Å². The van der Waals surface area contributed by atoms with Crippen LogP contribution >= 0.6 is 12.4 Å². The first-order valence-corrected chi connectivity index (χ1v) is 5.96. The summed E-state index contributed by atoms with van der Waals surface area (Å²) in [5.41, 5.74) is 9.91. The van der Waals surface area contributed by atoms with E-state index in [-0.39, 0.29) is 24.9 Å². The molecule has 0 fully saturated rings. The molecule has 6 nitrogen and oxygen atoms in total. The van der Waals surface area contributed by atoms with E-state index in [9.17, 15) is 4.79 Å². The molecule has 1 heterocycles. The summed E-state index contributed by atoms with van der Waals surface area (Å²) in [6, 6.07) is 0. The molecule has 1 rings (SSSR count). The number of nitrogens with two attached hydrogens (primary N) is 2. The minimum atomic E-state index is -0.406. The standard InChI is InChI=1S/C6H11N3.C6H13NO2.ClH/c7-2-1-4-9-5-3-8-6-9;1-6(2,3)9-5(8)4-7;/h3,5-6H,1-2,4,7H2;4,7H2,1-3H3;1H. The van der Waals surface area contributed by atoms with Gasteiger partial charge in [-0.15, -0.1) is 12.4 Å². The molecule has 4 N–H and O–H groups in total. The normalized spacial score (nSPS) is 9.95. The highest BCUT2D eigenvalue weighted by Crippen LogP contribution is 2.05. The number of hydrogen-bond donors (Lipinski definition) is 2. The van der Waals surface area contributed by atoms with Crippen LogP contribution in [0.4, 0.5) is 0 Å². The van der Waals surface area contributed by atoms with Gasteiger partial charge in [-0.3, -0.25) is 4.79 Å². The zero-order valence-corrected chi connectivity index (χ0v) is 12.7. The maximum atomic E-state index is 10.5. The summed E-state index contributed by atoms with van der Waals surface area (Å²) >= 11 is 0. The Balaban J connectivity index is 0. The first-order valence-electron chi connectivity index (χ1n) is 5.96. The van der Waals surface area contributed by atoms with Crippen LogP contribution in [0.2, 0.25) is 0 Å². The van der Waals surface area contributed by atoms with Gasteiger partial charge >= 0.3 is 5.97 Å². The van der Waals surface area contributed by atoms with Crippen molar-refractivity contribution in [1.82, 2.24) is 9.55 Å². The molecule has 0 radical (unpaired) electrons. The van der Waals surface area contributed by atoms with Gasteiger partial charge < -0.3 is 20.8 Å². The SMILES string of the molecule is CC(C)(C)OC(=O)CN.Cl.NCCCn1ccnc1. The molecule has 0 aliphatic rings. The Morgan fingerprint density at radius 1 is 1.37 bits per heavy atom. The van der Waals surface area contributed by atoms with Crippen molar-refractivity contribution in [1.29, 1.82) is 0 Å². The van der Waals surface area contributed by atoms with Crippen LogP contribution in [0.15, 0.2) is 18.7 Å². The predicted molar refractivity (Wildman–Crippen MR) is 78.0 cm³/mol. The number of esters is 1. The summed E-state index contributed by atoms with van der Waals surface area (Å²) in [4.78, 5) is 14.4. The lowest BCUT2D eigenvalue weighted by Gasteiger charge is -2.18. The van der Waals surface area contributed by atoms with Crippen molar-refractivity contribution in [3.63, 3.8) is 0 Å². The molecule has 0 saturated heterocycles. The highest BCUT2D eigenvalue weighted by Gasteiger charge is 2.13. The molecule has 0 unspecified atom stereocenters. The van der Waals surface area contributed by atoms with Crippen LogP contribution in [-0.4, -0.2) is 34.2 Å². The van der Waals surface area contributed by atoms with E-state index in [0.29, 0.717) is 0 Å². The van der Waals surface area contributed by atoms with E-state index in [1.54, 1.807) is 33.3 Å². The largest absolute Gasteiger partial charge is 0.459 e. The molecule has 1 aromatic rings. The molecule has 112 valence electrons. The summed E-state index contributed by atoms with van der Waals surface area (Å²) in [5, 5.41) is 0. The second-order valence-electron chi connectivity index (χ2n) is 4.73. The summed E-state index contributed by atoms with van der Waals surface area (Å²) in [7, 11) is 0. The Morgan fingerprint density at radius 3 is 2.32 bits per heavy atom. The second kappa shape index (κ2) is 10.8. The Hall–Kier alpha value is -1.11. The van der Waals surface area contributed by atoms with Crippen molar-refractivity contribution in [3.8, 4) is 0 Å². The Morgan fingerprint density at radius 2 is 2.00 bits per heavy atom. The molecular formula is C12H25ClN4O2. The maximum absolute atomic E-state index is 10.5. The van der Waals surface area contributed by atoms with Crippen LogP contribution in [0.3, 0.4) is 0 Å². The van der Waals surface area contributed by atoms with Crippen molar-refractivity contribution in [2.24, 2.45) is 11.5 Å². The summed E-state index contributed by atoms with van der Waals surface area (Å²) in [5.74, 6) is -0.359. The van der Waals surface area contributed by atoms with Gasteiger partial charge in [-0.25, -0.2) is 4.98 Å². The minimum absolute atomic E-state index is 0. The van der Waals surface area contributed by atoms with Crippen LogP contribution in [-0.2, 0) is 16.1 Å². The molecule has 0 aromatic carbocycles. The predicted octanol–water partition coefficient (Wildman–Crippen LogP) is 0.941. The van der Waals surface area contributed by atoms with Gasteiger partial charge in [-0.05, 0) is 33.7 Å². The quantitative estimate of drug-likeness (QED) is 0.805. The van der Waals surface area contributed by atoms with E-state index >= 15 is 0 Å². The number of ether oxygens (including phenoxy) is 1. The average Bonchev–Trinajstić information content (AvgIpc) is 2.77. The van der Waals surface area contributed by atoms with Gasteiger partial charge in [0.05, 0.1) is 12.9 Å². The lowest BCUT2D eigenvalue weighted by molar-refractivity contribution is -0.152. The molecule has 0 aliphatic carbocycles. The highest BCUT2D eigenvalue weighted by molar-refractivity contribution is 5.85. The van der Waals surface area contributed by atoms with Gasteiger partial charge in [0.2, 0.25) is 0 Å². The molecule has 1 aromatic heterocycles. The fourth-order valence-corrected chi connectivity index (χ4v) is 1.08. The van der Waals surface area contributed by atoms with E-state index in [4.69, 9.17) is 16.2 Å². The van der Waals surface area contributed by atoms with Crippen LogP contribution < -0.4 is 11.5 Å². The van der Waals surface area contributed by atoms with E-state index in [1.807, 2.05) is 10.8 Å². The van der Waals surface area contributed by atoms with Crippen molar-refractivity contribution < 1.29 is 9.53 Å². The van der Waals surface area contributed by atoms with Crippen molar-refractivity contribution >= 4 is 18.4 Å². The third kappa shape index (κ3) is 13.1. The van der Waals surface area contributed by atoms with Crippen LogP contribution in [0.25, 0.3) is 0 Å². The number of aryl methyl sites for hydroxylation is 1. The number of halogens is 1. The van der Waals surface area contributed by atoms with E-state index < -0.39 is 5.60 Å². The summed E-state index contributed by atoms with van der Waals surface area (Å²) in [6.45, 7) is 7.10. The number of hydrogen-bond acceptors (Lipinski definition) is 5. The van der Waals surface area contributed by atoms with Gasteiger partial charge in [-0.2, -0.15) is 0 Å². The smallest absolute Gasteiger partial charge is 0.320 e. The number of nitrogens with zero attached hydrogens (tertiary/aromatic N) is 2. The highest BCUT2D eigenvalue weighted by atomic mass is 35.5. The van der Waals surface area contributed by atoms with Gasteiger partial charge in [0, 0.05) is 18.9 Å². The molecule has 7 heteroatoms. The average molecular weight is 293 g/mol. The first kappa shape index (κ1) is 20.2. The van der Waals surface area contributed by atoms with Crippen LogP contribution in [0.5, 0.6) is 0 Å². The van der Waals surface area contributed by atoms with Gasteiger partial charge in [0.1, 0.15) is 5.60 Å². The van der Waals surface area contributed by atoms with Crippen LogP contribution in [0.1, 0.15) is 27.2 Å². The molecule has 0 amide bonds. The van der Waals surface area contributed by atoms with E-state index in [1.165, 1.54) is 0 Å². The van der Waals surface area contributed by atoms with Crippen molar-refractivity contribution in [3.05, 3.63) is 18.7 Å². The summed E-state index contributed by atoms with van der Waals surface area (Å²) < 4.78 is 6.84. The molecule has 0 aliphatic heterocycles. The topological polar surface area (TPSA) is 96.2 Å². The molecular weight excluding hydrogens is 268 g/mol.